The zero-order valence-corrected chi connectivity index (χ0v) is 12.6. The number of carbonyl (C=O) groups excluding carboxylic acids is 1. The van der Waals surface area contributed by atoms with E-state index in [2.05, 4.69) is 0 Å². The summed E-state index contributed by atoms with van der Waals surface area (Å²) in [6.07, 6.45) is 0. The molecule has 0 bridgehead atoms. The maximum Gasteiger partial charge on any atom is 0.282 e. The predicted molar refractivity (Wildman–Crippen MR) is 74.7 cm³/mol. The number of benzene rings is 1. The van der Waals surface area contributed by atoms with E-state index in [0.717, 1.165) is 10.5 Å². The van der Waals surface area contributed by atoms with Crippen molar-refractivity contribution in [3.63, 3.8) is 0 Å². The van der Waals surface area contributed by atoms with Crippen molar-refractivity contribution in [3.8, 4) is 0 Å². The molecule has 114 valence electrons. The average Bonchev–Trinajstić information content (AvgIpc) is 2.42. The molecule has 1 aromatic carbocycles. The van der Waals surface area contributed by atoms with Crippen molar-refractivity contribution in [1.82, 2.24) is 4.90 Å². The Bertz CT molecular complexity index is 439. The predicted octanol–water partition coefficient (Wildman–Crippen LogP) is 4.28. The molecular formula is C15H22F3NO. The van der Waals surface area contributed by atoms with E-state index in [1.54, 1.807) is 6.92 Å². The van der Waals surface area contributed by atoms with Gasteiger partial charge in [0.15, 0.2) is 0 Å². The molecule has 1 fully saturated rings. The van der Waals surface area contributed by atoms with E-state index in [0.29, 0.717) is 0 Å². The highest BCUT2D eigenvalue weighted by Gasteiger charge is 2.46. The molecule has 0 spiro atoms. The SMILES string of the molecule is CC.CC.Cc1ccc(F)c(C(=O)N2CC(F)(F)C2)c1. The maximum atomic E-state index is 13.3. The Morgan fingerprint density at radius 1 is 1.15 bits per heavy atom. The monoisotopic (exact) mass is 289 g/mol. The zero-order chi connectivity index (χ0) is 15.9. The molecule has 1 saturated heterocycles. The summed E-state index contributed by atoms with van der Waals surface area (Å²) in [5.41, 5.74) is 0.576. The van der Waals surface area contributed by atoms with Crippen LogP contribution in [0.25, 0.3) is 0 Å². The second-order valence-electron chi connectivity index (χ2n) is 4.00. The smallest absolute Gasteiger partial charge is 0.282 e. The van der Waals surface area contributed by atoms with Crippen molar-refractivity contribution < 1.29 is 18.0 Å². The number of carbonyl (C=O) groups is 1. The molecule has 2 nitrogen and oxygen atoms in total. The summed E-state index contributed by atoms with van der Waals surface area (Å²) in [5.74, 6) is -4.17. The van der Waals surface area contributed by atoms with E-state index in [-0.39, 0.29) is 5.56 Å². The van der Waals surface area contributed by atoms with Gasteiger partial charge in [0.25, 0.3) is 11.8 Å². The lowest BCUT2D eigenvalue weighted by atomic mass is 10.1. The minimum Gasteiger partial charge on any atom is -0.326 e. The number of hydrogen-bond acceptors (Lipinski definition) is 1. The van der Waals surface area contributed by atoms with Gasteiger partial charge in [-0.05, 0) is 19.1 Å². The number of nitrogens with zero attached hydrogens (tertiary/aromatic N) is 1. The van der Waals surface area contributed by atoms with Gasteiger partial charge < -0.3 is 4.90 Å². The second kappa shape index (κ2) is 7.92. The molecule has 20 heavy (non-hydrogen) atoms. The summed E-state index contributed by atoms with van der Waals surface area (Å²) in [7, 11) is 0. The number of rotatable bonds is 1. The highest BCUT2D eigenvalue weighted by Crippen LogP contribution is 2.28. The van der Waals surface area contributed by atoms with Crippen LogP contribution >= 0.6 is 0 Å². The molecule has 0 aliphatic carbocycles. The quantitative estimate of drug-likeness (QED) is 0.755. The summed E-state index contributed by atoms with van der Waals surface area (Å²) in [4.78, 5) is 12.6. The molecule has 1 aromatic rings. The van der Waals surface area contributed by atoms with E-state index in [1.165, 1.54) is 18.2 Å². The number of alkyl halides is 2. The molecule has 1 aliphatic rings. The molecule has 0 saturated carbocycles. The largest absolute Gasteiger partial charge is 0.326 e. The van der Waals surface area contributed by atoms with Crippen molar-refractivity contribution in [2.45, 2.75) is 40.5 Å². The third-order valence-electron chi connectivity index (χ3n) is 2.48. The van der Waals surface area contributed by atoms with E-state index in [9.17, 15) is 18.0 Å². The van der Waals surface area contributed by atoms with Gasteiger partial charge in [0.05, 0.1) is 18.7 Å². The molecule has 0 atom stereocenters. The van der Waals surface area contributed by atoms with Gasteiger partial charge in [-0.2, -0.15) is 0 Å². The standard InChI is InChI=1S/C11H10F3NO.2C2H6/c1-7-2-3-9(12)8(4-7)10(16)15-5-11(13,14)6-15;2*1-2/h2-4H,5-6H2,1H3;2*1-2H3. The fourth-order valence-corrected chi connectivity index (χ4v) is 1.63. The van der Waals surface area contributed by atoms with Crippen molar-refractivity contribution in [2.75, 3.05) is 13.1 Å². The first-order valence-corrected chi connectivity index (χ1v) is 6.82. The Kier molecular flexibility index (Phi) is 7.32. The molecule has 1 aliphatic heterocycles. The van der Waals surface area contributed by atoms with Crippen molar-refractivity contribution >= 4 is 5.91 Å². The normalized spacial score (nSPS) is 15.1. The summed E-state index contributed by atoms with van der Waals surface area (Å²) >= 11 is 0. The van der Waals surface area contributed by atoms with Crippen LogP contribution in [0, 0.1) is 12.7 Å². The highest BCUT2D eigenvalue weighted by atomic mass is 19.3. The number of amides is 1. The Morgan fingerprint density at radius 3 is 2.10 bits per heavy atom. The van der Waals surface area contributed by atoms with Crippen LogP contribution in [0.4, 0.5) is 13.2 Å². The maximum absolute atomic E-state index is 13.3. The number of hydrogen-bond donors (Lipinski definition) is 0. The molecule has 5 heteroatoms. The lowest BCUT2D eigenvalue weighted by Crippen LogP contribution is -2.58. The molecule has 1 amide bonds. The highest BCUT2D eigenvalue weighted by molar-refractivity contribution is 5.95. The minimum absolute atomic E-state index is 0.143. The van der Waals surface area contributed by atoms with Gasteiger partial charge in [-0.25, -0.2) is 13.2 Å². The number of likely N-dealkylation sites (tertiary alicyclic amines) is 1. The lowest BCUT2D eigenvalue weighted by molar-refractivity contribution is -0.113. The van der Waals surface area contributed by atoms with Gasteiger partial charge in [-0.15, -0.1) is 0 Å². The van der Waals surface area contributed by atoms with Crippen LogP contribution in [0.3, 0.4) is 0 Å². The molecular weight excluding hydrogens is 267 g/mol. The third kappa shape index (κ3) is 4.54. The zero-order valence-electron chi connectivity index (χ0n) is 12.6. The Hall–Kier alpha value is -1.52. The molecule has 2 rings (SSSR count). The van der Waals surface area contributed by atoms with Crippen molar-refractivity contribution in [1.29, 1.82) is 0 Å². The van der Waals surface area contributed by atoms with Crippen molar-refractivity contribution in [3.05, 3.63) is 35.1 Å². The Labute approximate surface area is 118 Å². The van der Waals surface area contributed by atoms with Crippen LogP contribution in [0.15, 0.2) is 18.2 Å². The summed E-state index contributed by atoms with van der Waals surface area (Å²) < 4.78 is 38.4. The van der Waals surface area contributed by atoms with Crippen molar-refractivity contribution in [2.24, 2.45) is 0 Å². The minimum atomic E-state index is -2.82. The second-order valence-corrected chi connectivity index (χ2v) is 4.00. The van der Waals surface area contributed by atoms with E-state index < -0.39 is 30.7 Å². The van der Waals surface area contributed by atoms with Gasteiger partial charge in [0.2, 0.25) is 0 Å². The molecule has 0 N–H and O–H groups in total. The fraction of sp³-hybridized carbons (Fsp3) is 0.533. The van der Waals surface area contributed by atoms with Gasteiger partial charge in [0.1, 0.15) is 5.82 Å². The van der Waals surface area contributed by atoms with Crippen LogP contribution in [0.2, 0.25) is 0 Å². The summed E-state index contributed by atoms with van der Waals surface area (Å²) in [6.45, 7) is 8.46. The van der Waals surface area contributed by atoms with E-state index in [4.69, 9.17) is 0 Å². The fourth-order valence-electron chi connectivity index (χ4n) is 1.63. The summed E-state index contributed by atoms with van der Waals surface area (Å²) in [5, 5.41) is 0. The molecule has 0 unspecified atom stereocenters. The van der Waals surface area contributed by atoms with E-state index in [1.807, 2.05) is 27.7 Å². The first-order valence-electron chi connectivity index (χ1n) is 6.82. The molecule has 1 heterocycles. The molecule has 0 radical (unpaired) electrons. The van der Waals surface area contributed by atoms with Gasteiger partial charge in [-0.1, -0.05) is 39.3 Å². The number of halogens is 3. The van der Waals surface area contributed by atoms with Gasteiger partial charge in [-0.3, -0.25) is 4.79 Å². The number of aryl methyl sites for hydroxylation is 1. The third-order valence-corrected chi connectivity index (χ3v) is 2.48. The average molecular weight is 289 g/mol. The van der Waals surface area contributed by atoms with Crippen LogP contribution in [-0.4, -0.2) is 29.8 Å². The Morgan fingerprint density at radius 2 is 1.65 bits per heavy atom. The van der Waals surface area contributed by atoms with Gasteiger partial charge >= 0.3 is 0 Å². The van der Waals surface area contributed by atoms with Crippen LogP contribution in [0.1, 0.15) is 43.6 Å². The molecule has 0 aromatic heterocycles. The van der Waals surface area contributed by atoms with Crippen LogP contribution in [-0.2, 0) is 0 Å². The van der Waals surface area contributed by atoms with Crippen LogP contribution in [0.5, 0.6) is 0 Å². The van der Waals surface area contributed by atoms with E-state index >= 15 is 0 Å². The van der Waals surface area contributed by atoms with Crippen LogP contribution < -0.4 is 0 Å². The summed E-state index contributed by atoms with van der Waals surface area (Å²) in [6, 6.07) is 4.06. The first-order chi connectivity index (χ1) is 9.39. The van der Waals surface area contributed by atoms with Gasteiger partial charge in [0, 0.05) is 0 Å². The first kappa shape index (κ1) is 18.5. The topological polar surface area (TPSA) is 20.3 Å². The Balaban J connectivity index is 0.000000829. The lowest BCUT2D eigenvalue weighted by Gasteiger charge is -2.38.